The van der Waals surface area contributed by atoms with E-state index in [0.29, 0.717) is 10.9 Å². The monoisotopic (exact) mass is 407 g/mol. The van der Waals surface area contributed by atoms with Gasteiger partial charge in [0.05, 0.1) is 22.1 Å². The number of carbonyl (C=O) groups excluding carboxylic acids is 1. The van der Waals surface area contributed by atoms with Crippen molar-refractivity contribution in [3.05, 3.63) is 62.4 Å². The van der Waals surface area contributed by atoms with E-state index in [2.05, 4.69) is 15.9 Å². The predicted octanol–water partition coefficient (Wildman–Crippen LogP) is 5.09. The first-order valence-electron chi connectivity index (χ1n) is 7.26. The summed E-state index contributed by atoms with van der Waals surface area (Å²) >= 11 is 3.13. The minimum atomic E-state index is -0.624. The first-order chi connectivity index (χ1) is 11.9. The average Bonchev–Trinajstić information content (AvgIpc) is 2.93. The molecule has 25 heavy (non-hydrogen) atoms. The van der Waals surface area contributed by atoms with E-state index in [1.54, 1.807) is 6.92 Å². The molecule has 0 radical (unpaired) electrons. The number of rotatable bonds is 4. The molecule has 0 spiro atoms. The fourth-order valence-corrected chi connectivity index (χ4v) is 2.94. The van der Waals surface area contributed by atoms with Crippen LogP contribution in [0.1, 0.15) is 17.3 Å². The molecule has 3 aromatic rings. The van der Waals surface area contributed by atoms with Crippen molar-refractivity contribution in [3.8, 4) is 11.3 Å². The molecule has 2 aromatic carbocycles. The van der Waals surface area contributed by atoms with Gasteiger partial charge in [-0.3, -0.25) is 10.1 Å². The number of nitro groups is 1. The standard InChI is InChI=1S/C17H11BrFNO5/c1-2-24-17(21)15-11-7-12(18)13(20(22)23)8-14(11)25-16(15)9-3-5-10(19)6-4-9/h3-8H,2H2,1H3. The predicted molar refractivity (Wildman–Crippen MR) is 91.9 cm³/mol. The minimum Gasteiger partial charge on any atom is -0.462 e. The molecule has 0 aliphatic carbocycles. The van der Waals surface area contributed by atoms with E-state index < -0.39 is 16.7 Å². The first kappa shape index (κ1) is 17.1. The number of carbonyl (C=O) groups is 1. The lowest BCUT2D eigenvalue weighted by atomic mass is 10.1. The summed E-state index contributed by atoms with van der Waals surface area (Å²) in [4.78, 5) is 22.9. The second-order valence-electron chi connectivity index (χ2n) is 5.09. The molecule has 0 unspecified atom stereocenters. The molecule has 0 saturated heterocycles. The van der Waals surface area contributed by atoms with Crippen molar-refractivity contribution in [2.45, 2.75) is 6.92 Å². The van der Waals surface area contributed by atoms with Gasteiger partial charge in [0.1, 0.15) is 22.7 Å². The van der Waals surface area contributed by atoms with Gasteiger partial charge in [0.15, 0.2) is 0 Å². The van der Waals surface area contributed by atoms with Crippen LogP contribution in [0.5, 0.6) is 0 Å². The zero-order chi connectivity index (χ0) is 18.1. The largest absolute Gasteiger partial charge is 0.462 e. The highest BCUT2D eigenvalue weighted by molar-refractivity contribution is 9.10. The molecule has 0 amide bonds. The van der Waals surface area contributed by atoms with Gasteiger partial charge in [-0.2, -0.15) is 0 Å². The van der Waals surface area contributed by atoms with Gasteiger partial charge in [-0.15, -0.1) is 0 Å². The molecule has 0 fully saturated rings. The van der Waals surface area contributed by atoms with Gasteiger partial charge in [0, 0.05) is 10.9 Å². The van der Waals surface area contributed by atoms with Gasteiger partial charge in [-0.25, -0.2) is 9.18 Å². The number of furan rings is 1. The molecule has 0 saturated carbocycles. The van der Waals surface area contributed by atoms with Gasteiger partial charge < -0.3 is 9.15 Å². The Morgan fingerprint density at radius 1 is 1.32 bits per heavy atom. The topological polar surface area (TPSA) is 82.6 Å². The molecule has 0 atom stereocenters. The molecule has 0 aliphatic rings. The van der Waals surface area contributed by atoms with E-state index in [0.717, 1.165) is 0 Å². The Kier molecular flexibility index (Phi) is 4.54. The van der Waals surface area contributed by atoms with Crippen molar-refractivity contribution in [1.29, 1.82) is 0 Å². The summed E-state index contributed by atoms with van der Waals surface area (Å²) in [6.07, 6.45) is 0. The zero-order valence-corrected chi connectivity index (χ0v) is 14.5. The van der Waals surface area contributed by atoms with Gasteiger partial charge in [0.2, 0.25) is 0 Å². The number of nitrogens with zero attached hydrogens (tertiary/aromatic N) is 1. The summed E-state index contributed by atoms with van der Waals surface area (Å²) < 4.78 is 24.2. The Hall–Kier alpha value is -2.74. The smallest absolute Gasteiger partial charge is 0.342 e. The normalized spacial score (nSPS) is 10.8. The van der Waals surface area contributed by atoms with Gasteiger partial charge in [0.25, 0.3) is 5.69 Å². The van der Waals surface area contributed by atoms with Crippen LogP contribution >= 0.6 is 15.9 Å². The van der Waals surface area contributed by atoms with Crippen LogP contribution in [0.4, 0.5) is 10.1 Å². The van der Waals surface area contributed by atoms with E-state index in [4.69, 9.17) is 9.15 Å². The number of hydrogen-bond acceptors (Lipinski definition) is 5. The van der Waals surface area contributed by atoms with E-state index in [-0.39, 0.29) is 33.7 Å². The number of esters is 1. The average molecular weight is 408 g/mol. The lowest BCUT2D eigenvalue weighted by Gasteiger charge is -2.03. The number of halogens is 2. The van der Waals surface area contributed by atoms with E-state index in [1.807, 2.05) is 0 Å². The third-order valence-corrected chi connectivity index (χ3v) is 4.18. The Morgan fingerprint density at radius 3 is 2.60 bits per heavy atom. The van der Waals surface area contributed by atoms with Crippen molar-refractivity contribution in [2.24, 2.45) is 0 Å². The van der Waals surface area contributed by atoms with Crippen LogP contribution in [0, 0.1) is 15.9 Å². The lowest BCUT2D eigenvalue weighted by Crippen LogP contribution is -2.05. The van der Waals surface area contributed by atoms with Crippen LogP contribution in [0.15, 0.2) is 45.3 Å². The maximum atomic E-state index is 13.2. The fourth-order valence-electron chi connectivity index (χ4n) is 2.46. The Bertz CT molecular complexity index is 981. The van der Waals surface area contributed by atoms with Crippen LogP contribution in [0.2, 0.25) is 0 Å². The summed E-state index contributed by atoms with van der Waals surface area (Å²) in [5.74, 6) is -0.891. The van der Waals surface area contributed by atoms with Crippen LogP contribution in [0.3, 0.4) is 0 Å². The molecule has 6 nitrogen and oxygen atoms in total. The second kappa shape index (κ2) is 6.64. The van der Waals surface area contributed by atoms with E-state index in [1.165, 1.54) is 36.4 Å². The van der Waals surface area contributed by atoms with Crippen LogP contribution in [-0.2, 0) is 4.74 Å². The minimum absolute atomic E-state index is 0.138. The van der Waals surface area contributed by atoms with Crippen molar-refractivity contribution in [1.82, 2.24) is 0 Å². The van der Waals surface area contributed by atoms with Crippen LogP contribution in [0.25, 0.3) is 22.3 Å². The molecule has 0 bridgehead atoms. The van der Waals surface area contributed by atoms with Crippen molar-refractivity contribution >= 4 is 38.6 Å². The van der Waals surface area contributed by atoms with Gasteiger partial charge in [-0.1, -0.05) is 0 Å². The highest BCUT2D eigenvalue weighted by Crippen LogP contribution is 2.39. The highest BCUT2D eigenvalue weighted by Gasteiger charge is 2.26. The maximum absolute atomic E-state index is 13.2. The number of hydrogen-bond donors (Lipinski definition) is 0. The molecule has 0 aliphatic heterocycles. The molecular weight excluding hydrogens is 397 g/mol. The second-order valence-corrected chi connectivity index (χ2v) is 5.94. The first-order valence-corrected chi connectivity index (χ1v) is 8.05. The molecule has 0 N–H and O–H groups in total. The molecule has 3 rings (SSSR count). The molecular formula is C17H11BrFNO5. The zero-order valence-electron chi connectivity index (χ0n) is 12.9. The van der Waals surface area contributed by atoms with E-state index in [9.17, 15) is 19.3 Å². The lowest BCUT2D eigenvalue weighted by molar-refractivity contribution is -0.385. The fraction of sp³-hybridized carbons (Fsp3) is 0.118. The number of nitro benzene ring substituents is 1. The van der Waals surface area contributed by atoms with Crippen molar-refractivity contribution in [3.63, 3.8) is 0 Å². The Morgan fingerprint density at radius 2 is 2.00 bits per heavy atom. The Balaban J connectivity index is 2.30. The third kappa shape index (κ3) is 3.12. The summed E-state index contributed by atoms with van der Waals surface area (Å²) in [6, 6.07) is 8.05. The van der Waals surface area contributed by atoms with Crippen LogP contribution in [-0.4, -0.2) is 17.5 Å². The van der Waals surface area contributed by atoms with Gasteiger partial charge in [-0.05, 0) is 53.2 Å². The maximum Gasteiger partial charge on any atom is 0.342 e. The highest BCUT2D eigenvalue weighted by atomic mass is 79.9. The quantitative estimate of drug-likeness (QED) is 0.341. The Labute approximate surface area is 149 Å². The van der Waals surface area contributed by atoms with Crippen LogP contribution < -0.4 is 0 Å². The summed E-state index contributed by atoms with van der Waals surface area (Å²) in [5.41, 5.74) is 0.568. The number of fused-ring (bicyclic) bond motifs is 1. The summed E-state index contributed by atoms with van der Waals surface area (Å²) in [6.45, 7) is 1.82. The third-order valence-electron chi connectivity index (χ3n) is 3.54. The van der Waals surface area contributed by atoms with E-state index >= 15 is 0 Å². The molecule has 1 heterocycles. The number of ether oxygens (including phenoxy) is 1. The van der Waals surface area contributed by atoms with Crippen molar-refractivity contribution < 1.29 is 23.3 Å². The van der Waals surface area contributed by atoms with Gasteiger partial charge >= 0.3 is 5.97 Å². The summed E-state index contributed by atoms with van der Waals surface area (Å²) in [5, 5.41) is 11.5. The van der Waals surface area contributed by atoms with Crippen molar-refractivity contribution in [2.75, 3.05) is 6.61 Å². The summed E-state index contributed by atoms with van der Waals surface area (Å²) in [7, 11) is 0. The SMILES string of the molecule is CCOC(=O)c1c(-c2ccc(F)cc2)oc2cc([N+](=O)[O-])c(Br)cc12. The molecule has 128 valence electrons. The molecule has 8 heteroatoms. The number of benzene rings is 2. The molecule has 1 aromatic heterocycles.